The molecule has 1 heterocycles. The molecule has 1 fully saturated rings. The average Bonchev–Trinajstić information content (AvgIpc) is 3.38. The fourth-order valence-electron chi connectivity index (χ4n) is 2.90. The Labute approximate surface area is 137 Å². The summed E-state index contributed by atoms with van der Waals surface area (Å²) in [5.41, 5.74) is 1.03. The molecular formula is C19H26N2O2. The van der Waals surface area contributed by atoms with Gasteiger partial charge in [-0.2, -0.15) is 5.10 Å². The van der Waals surface area contributed by atoms with Gasteiger partial charge in [0.25, 0.3) is 5.56 Å². The van der Waals surface area contributed by atoms with Crippen LogP contribution in [0.5, 0.6) is 5.75 Å². The molecule has 0 radical (unpaired) electrons. The van der Waals surface area contributed by atoms with Crippen LogP contribution in [-0.4, -0.2) is 16.4 Å². The molecular weight excluding hydrogens is 288 g/mol. The summed E-state index contributed by atoms with van der Waals surface area (Å²) in [6, 6.07) is 5.88. The number of nitrogens with zero attached hydrogens (tertiary/aromatic N) is 2. The number of ether oxygens (including phenoxy) is 1. The van der Waals surface area contributed by atoms with Crippen molar-refractivity contribution in [2.75, 3.05) is 6.61 Å². The Morgan fingerprint density at radius 2 is 2.09 bits per heavy atom. The number of unbranched alkanes of at least 4 members (excludes halogenated alkanes) is 1. The van der Waals surface area contributed by atoms with Crippen LogP contribution >= 0.6 is 0 Å². The third kappa shape index (κ3) is 3.57. The summed E-state index contributed by atoms with van der Waals surface area (Å²) in [5, 5.41) is 6.36. The predicted octanol–water partition coefficient (Wildman–Crippen LogP) is 3.94. The lowest BCUT2D eigenvalue weighted by atomic mass is 10.1. The minimum absolute atomic E-state index is 0.00106. The van der Waals surface area contributed by atoms with E-state index >= 15 is 0 Å². The molecule has 2 aromatic rings. The summed E-state index contributed by atoms with van der Waals surface area (Å²) in [6.45, 7) is 5.63. The van der Waals surface area contributed by atoms with Crippen molar-refractivity contribution in [3.05, 3.63) is 34.2 Å². The molecule has 4 heteroatoms. The number of aryl methyl sites for hydroxylation is 1. The van der Waals surface area contributed by atoms with E-state index in [-0.39, 0.29) is 5.56 Å². The van der Waals surface area contributed by atoms with Gasteiger partial charge in [0.15, 0.2) is 0 Å². The van der Waals surface area contributed by atoms with Crippen LogP contribution < -0.4 is 10.3 Å². The fourth-order valence-corrected chi connectivity index (χ4v) is 2.90. The highest BCUT2D eigenvalue weighted by molar-refractivity contribution is 5.89. The topological polar surface area (TPSA) is 44.1 Å². The second kappa shape index (κ2) is 7.16. The van der Waals surface area contributed by atoms with Gasteiger partial charge in [0, 0.05) is 11.9 Å². The van der Waals surface area contributed by atoms with E-state index in [9.17, 15) is 4.79 Å². The Morgan fingerprint density at radius 1 is 1.26 bits per heavy atom. The van der Waals surface area contributed by atoms with Gasteiger partial charge in [-0.3, -0.25) is 4.79 Å². The molecule has 1 aromatic heterocycles. The molecule has 0 aliphatic heterocycles. The van der Waals surface area contributed by atoms with Gasteiger partial charge < -0.3 is 4.74 Å². The number of aromatic nitrogens is 2. The number of rotatable bonds is 8. The van der Waals surface area contributed by atoms with E-state index in [4.69, 9.17) is 4.74 Å². The van der Waals surface area contributed by atoms with Crippen molar-refractivity contribution in [2.45, 2.75) is 58.9 Å². The SMILES string of the molecule is CCCCc1nn(CC2CC2)c(=O)c2c(OCCC)cccc12. The van der Waals surface area contributed by atoms with Gasteiger partial charge in [0.2, 0.25) is 0 Å². The van der Waals surface area contributed by atoms with Crippen LogP contribution in [0.25, 0.3) is 10.8 Å². The van der Waals surface area contributed by atoms with Crippen LogP contribution in [-0.2, 0) is 13.0 Å². The van der Waals surface area contributed by atoms with E-state index in [0.717, 1.165) is 43.3 Å². The van der Waals surface area contributed by atoms with Crippen LogP contribution in [0, 0.1) is 5.92 Å². The number of hydrogen-bond acceptors (Lipinski definition) is 3. The average molecular weight is 314 g/mol. The predicted molar refractivity (Wildman–Crippen MR) is 93.1 cm³/mol. The molecule has 0 spiro atoms. The van der Waals surface area contributed by atoms with Gasteiger partial charge in [-0.1, -0.05) is 32.4 Å². The second-order valence-corrected chi connectivity index (χ2v) is 6.51. The molecule has 0 atom stereocenters. The van der Waals surface area contributed by atoms with Gasteiger partial charge in [-0.25, -0.2) is 4.68 Å². The molecule has 1 saturated carbocycles. The maximum atomic E-state index is 12.9. The van der Waals surface area contributed by atoms with E-state index in [0.29, 0.717) is 23.7 Å². The maximum absolute atomic E-state index is 12.9. The number of hydrogen-bond donors (Lipinski definition) is 0. The van der Waals surface area contributed by atoms with Crippen molar-refractivity contribution in [1.29, 1.82) is 0 Å². The van der Waals surface area contributed by atoms with Gasteiger partial charge in [-0.15, -0.1) is 0 Å². The molecule has 3 rings (SSSR count). The Kier molecular flexibility index (Phi) is 4.99. The first kappa shape index (κ1) is 16.0. The molecule has 124 valence electrons. The first-order chi connectivity index (χ1) is 11.2. The molecule has 0 N–H and O–H groups in total. The Morgan fingerprint density at radius 3 is 2.78 bits per heavy atom. The first-order valence-corrected chi connectivity index (χ1v) is 8.90. The quantitative estimate of drug-likeness (QED) is 0.741. The van der Waals surface area contributed by atoms with Crippen molar-refractivity contribution < 1.29 is 4.74 Å². The minimum Gasteiger partial charge on any atom is -0.493 e. The van der Waals surface area contributed by atoms with Crippen LogP contribution in [0.3, 0.4) is 0 Å². The Bertz CT molecular complexity index is 732. The molecule has 23 heavy (non-hydrogen) atoms. The number of fused-ring (bicyclic) bond motifs is 1. The summed E-state index contributed by atoms with van der Waals surface area (Å²) in [4.78, 5) is 12.9. The number of benzene rings is 1. The molecule has 1 aliphatic carbocycles. The summed E-state index contributed by atoms with van der Waals surface area (Å²) in [5.74, 6) is 1.33. The lowest BCUT2D eigenvalue weighted by Crippen LogP contribution is -2.26. The van der Waals surface area contributed by atoms with Crippen molar-refractivity contribution in [1.82, 2.24) is 9.78 Å². The normalized spacial score (nSPS) is 14.3. The largest absolute Gasteiger partial charge is 0.493 e. The van der Waals surface area contributed by atoms with E-state index in [2.05, 4.69) is 18.9 Å². The highest BCUT2D eigenvalue weighted by Crippen LogP contribution is 2.31. The smallest absolute Gasteiger partial charge is 0.278 e. The molecule has 0 bridgehead atoms. The monoisotopic (exact) mass is 314 g/mol. The molecule has 0 saturated heterocycles. The molecule has 1 aromatic carbocycles. The van der Waals surface area contributed by atoms with Crippen molar-refractivity contribution in [3.63, 3.8) is 0 Å². The van der Waals surface area contributed by atoms with Crippen molar-refractivity contribution in [3.8, 4) is 5.75 Å². The molecule has 4 nitrogen and oxygen atoms in total. The van der Waals surface area contributed by atoms with Crippen LogP contribution in [0.15, 0.2) is 23.0 Å². The van der Waals surface area contributed by atoms with E-state index in [1.165, 1.54) is 12.8 Å². The lowest BCUT2D eigenvalue weighted by Gasteiger charge is -2.13. The second-order valence-electron chi connectivity index (χ2n) is 6.51. The van der Waals surface area contributed by atoms with Crippen LogP contribution in [0.4, 0.5) is 0 Å². The van der Waals surface area contributed by atoms with Gasteiger partial charge in [0.1, 0.15) is 5.75 Å². The van der Waals surface area contributed by atoms with Crippen LogP contribution in [0.2, 0.25) is 0 Å². The fraction of sp³-hybridized carbons (Fsp3) is 0.579. The zero-order valence-electron chi connectivity index (χ0n) is 14.2. The zero-order valence-corrected chi connectivity index (χ0v) is 14.2. The van der Waals surface area contributed by atoms with Gasteiger partial charge in [0.05, 0.1) is 17.7 Å². The first-order valence-electron chi connectivity index (χ1n) is 8.90. The van der Waals surface area contributed by atoms with E-state index < -0.39 is 0 Å². The highest BCUT2D eigenvalue weighted by Gasteiger charge is 2.24. The highest BCUT2D eigenvalue weighted by atomic mass is 16.5. The molecule has 0 unspecified atom stereocenters. The summed E-state index contributed by atoms with van der Waals surface area (Å²) < 4.78 is 7.53. The summed E-state index contributed by atoms with van der Waals surface area (Å²) in [6.07, 6.45) is 6.48. The molecule has 1 aliphatic rings. The molecule has 0 amide bonds. The Hall–Kier alpha value is -1.84. The maximum Gasteiger partial charge on any atom is 0.278 e. The van der Waals surface area contributed by atoms with Crippen molar-refractivity contribution in [2.24, 2.45) is 5.92 Å². The summed E-state index contributed by atoms with van der Waals surface area (Å²) in [7, 11) is 0. The minimum atomic E-state index is -0.00106. The van der Waals surface area contributed by atoms with Gasteiger partial charge >= 0.3 is 0 Å². The van der Waals surface area contributed by atoms with Crippen molar-refractivity contribution >= 4 is 10.8 Å². The summed E-state index contributed by atoms with van der Waals surface area (Å²) >= 11 is 0. The third-order valence-electron chi connectivity index (χ3n) is 4.38. The standard InChI is InChI=1S/C19H26N2O2/c1-3-5-8-16-15-7-6-9-17(23-12-4-2)18(15)19(22)21(20-16)13-14-10-11-14/h6-7,9,14H,3-5,8,10-13H2,1-2H3. The van der Waals surface area contributed by atoms with E-state index in [1.54, 1.807) is 4.68 Å². The third-order valence-corrected chi connectivity index (χ3v) is 4.38. The zero-order chi connectivity index (χ0) is 16.2. The van der Waals surface area contributed by atoms with Gasteiger partial charge in [-0.05, 0) is 44.1 Å². The lowest BCUT2D eigenvalue weighted by molar-refractivity contribution is 0.320. The van der Waals surface area contributed by atoms with E-state index in [1.807, 2.05) is 18.2 Å². The Balaban J connectivity index is 2.12. The van der Waals surface area contributed by atoms with Crippen LogP contribution in [0.1, 0.15) is 51.6 Å².